The van der Waals surface area contributed by atoms with Gasteiger partial charge in [0.2, 0.25) is 0 Å². The average molecular weight is 298 g/mol. The van der Waals surface area contributed by atoms with E-state index in [1.54, 1.807) is 38.3 Å². The monoisotopic (exact) mass is 298 g/mol. The van der Waals surface area contributed by atoms with Gasteiger partial charge in [-0.3, -0.25) is 4.79 Å². The molecule has 0 aromatic heterocycles. The maximum Gasteiger partial charge on any atom is 0.273 e. The molecule has 0 aliphatic rings. The molecular weight excluding hydrogens is 280 g/mol. The Morgan fingerprint density at radius 2 is 1.77 bits per heavy atom. The zero-order valence-corrected chi connectivity index (χ0v) is 12.5. The minimum atomic E-state index is -1.24. The number of hydrogen-bond donors (Lipinski definition) is 2. The van der Waals surface area contributed by atoms with Crippen molar-refractivity contribution in [2.75, 3.05) is 7.11 Å². The number of rotatable bonds is 5. The van der Waals surface area contributed by atoms with Gasteiger partial charge < -0.3 is 9.84 Å². The fourth-order valence-electron chi connectivity index (χ4n) is 1.88. The fraction of sp³-hybridized carbons (Fsp3) is 0.176. The molecule has 5 heteroatoms. The third-order valence-corrected chi connectivity index (χ3v) is 3.21. The van der Waals surface area contributed by atoms with Crippen molar-refractivity contribution in [2.24, 2.45) is 5.10 Å². The van der Waals surface area contributed by atoms with E-state index in [0.29, 0.717) is 11.3 Å². The van der Waals surface area contributed by atoms with Gasteiger partial charge in [0.05, 0.1) is 12.8 Å². The Morgan fingerprint density at radius 3 is 2.36 bits per heavy atom. The van der Waals surface area contributed by atoms with E-state index in [1.807, 2.05) is 30.3 Å². The van der Waals surface area contributed by atoms with Crippen LogP contribution in [0.2, 0.25) is 0 Å². The molecule has 1 atom stereocenters. The topological polar surface area (TPSA) is 70.9 Å². The van der Waals surface area contributed by atoms with Gasteiger partial charge in [0.1, 0.15) is 5.75 Å². The summed E-state index contributed by atoms with van der Waals surface area (Å²) in [6.07, 6.45) is -1.24. The van der Waals surface area contributed by atoms with Crippen molar-refractivity contribution in [1.29, 1.82) is 0 Å². The Hall–Kier alpha value is -2.66. The lowest BCUT2D eigenvalue weighted by Crippen LogP contribution is -2.26. The van der Waals surface area contributed by atoms with E-state index in [-0.39, 0.29) is 0 Å². The van der Waals surface area contributed by atoms with Gasteiger partial charge in [-0.15, -0.1) is 0 Å². The minimum Gasteiger partial charge on any atom is -0.497 e. The Bertz CT molecular complexity index is 651. The summed E-state index contributed by atoms with van der Waals surface area (Å²) >= 11 is 0. The predicted octanol–water partition coefficient (Wildman–Crippen LogP) is 2.27. The molecule has 0 fully saturated rings. The first-order valence-electron chi connectivity index (χ1n) is 6.83. The van der Waals surface area contributed by atoms with E-state index in [4.69, 9.17) is 4.74 Å². The minimum absolute atomic E-state index is 0.525. The summed E-state index contributed by atoms with van der Waals surface area (Å²) in [5, 5.41) is 14.0. The molecule has 0 radical (unpaired) electrons. The van der Waals surface area contributed by atoms with Crippen molar-refractivity contribution in [1.82, 2.24) is 5.43 Å². The van der Waals surface area contributed by atoms with Gasteiger partial charge in [-0.25, -0.2) is 5.43 Å². The van der Waals surface area contributed by atoms with E-state index in [9.17, 15) is 9.90 Å². The maximum absolute atomic E-state index is 11.9. The molecule has 0 spiro atoms. The first-order chi connectivity index (χ1) is 10.6. The van der Waals surface area contributed by atoms with E-state index in [2.05, 4.69) is 10.5 Å². The number of carbonyl (C=O) groups excluding carboxylic acids is 1. The Morgan fingerprint density at radius 1 is 1.14 bits per heavy atom. The van der Waals surface area contributed by atoms with Crippen molar-refractivity contribution in [3.05, 3.63) is 65.7 Å². The molecular formula is C17H18N2O3. The predicted molar refractivity (Wildman–Crippen MR) is 84.7 cm³/mol. The van der Waals surface area contributed by atoms with Gasteiger partial charge in [-0.05, 0) is 42.3 Å². The summed E-state index contributed by atoms with van der Waals surface area (Å²) in [5.41, 5.74) is 4.39. The lowest BCUT2D eigenvalue weighted by Gasteiger charge is -2.09. The van der Waals surface area contributed by atoms with Crippen LogP contribution >= 0.6 is 0 Å². The lowest BCUT2D eigenvalue weighted by atomic mass is 10.1. The Labute approximate surface area is 129 Å². The first-order valence-corrected chi connectivity index (χ1v) is 6.83. The second kappa shape index (κ2) is 7.38. The highest BCUT2D eigenvalue weighted by atomic mass is 16.5. The van der Waals surface area contributed by atoms with Crippen LogP contribution in [0, 0.1) is 0 Å². The van der Waals surface area contributed by atoms with Crippen LogP contribution in [0.5, 0.6) is 5.75 Å². The molecule has 2 aromatic carbocycles. The molecule has 2 aromatic rings. The molecule has 22 heavy (non-hydrogen) atoms. The number of methoxy groups -OCH3 is 1. The molecule has 1 amide bonds. The van der Waals surface area contributed by atoms with Crippen LogP contribution in [0.25, 0.3) is 0 Å². The van der Waals surface area contributed by atoms with Crippen molar-refractivity contribution in [3.63, 3.8) is 0 Å². The third kappa shape index (κ3) is 3.93. The second-order valence-electron chi connectivity index (χ2n) is 4.71. The molecule has 0 saturated carbocycles. The lowest BCUT2D eigenvalue weighted by molar-refractivity contribution is -0.129. The zero-order valence-electron chi connectivity index (χ0n) is 12.5. The van der Waals surface area contributed by atoms with Crippen LogP contribution in [-0.2, 0) is 4.79 Å². The van der Waals surface area contributed by atoms with Crippen LogP contribution in [0.1, 0.15) is 24.2 Å². The molecule has 0 aliphatic heterocycles. The smallest absolute Gasteiger partial charge is 0.273 e. The van der Waals surface area contributed by atoms with E-state index >= 15 is 0 Å². The number of aliphatic hydroxyl groups is 1. The number of nitrogens with zero attached hydrogens (tertiary/aromatic N) is 1. The molecule has 0 unspecified atom stereocenters. The molecule has 2 N–H and O–H groups in total. The number of ether oxygens (including phenoxy) is 1. The van der Waals surface area contributed by atoms with Crippen LogP contribution in [-0.4, -0.2) is 23.8 Å². The molecule has 0 aliphatic carbocycles. The standard InChI is InChI=1S/C17H18N2O3/c1-12(13-8-10-15(22-2)11-9-13)18-19-17(21)16(20)14-6-4-3-5-7-14/h3-11,16,20H,1-2H3,(H,19,21)/b18-12-/t16-/m1/s1. The van der Waals surface area contributed by atoms with Gasteiger partial charge in [0.25, 0.3) is 5.91 Å². The number of hydrazone groups is 1. The summed E-state index contributed by atoms with van der Waals surface area (Å²) in [4.78, 5) is 11.9. The Balaban J connectivity index is 2.02. The highest BCUT2D eigenvalue weighted by molar-refractivity contribution is 5.99. The molecule has 2 rings (SSSR count). The van der Waals surface area contributed by atoms with Crippen molar-refractivity contribution >= 4 is 11.6 Å². The van der Waals surface area contributed by atoms with Gasteiger partial charge in [-0.2, -0.15) is 5.10 Å². The van der Waals surface area contributed by atoms with Crippen LogP contribution in [0.15, 0.2) is 59.7 Å². The molecule has 0 bridgehead atoms. The SMILES string of the molecule is COc1ccc(/C(C)=N\NC(=O)[C@H](O)c2ccccc2)cc1. The largest absolute Gasteiger partial charge is 0.497 e. The number of amides is 1. The van der Waals surface area contributed by atoms with Gasteiger partial charge in [-0.1, -0.05) is 30.3 Å². The summed E-state index contributed by atoms with van der Waals surface area (Å²) in [6.45, 7) is 1.77. The third-order valence-electron chi connectivity index (χ3n) is 3.21. The van der Waals surface area contributed by atoms with Gasteiger partial charge in [0, 0.05) is 0 Å². The summed E-state index contributed by atoms with van der Waals surface area (Å²) in [6, 6.07) is 16.0. The molecule has 114 valence electrons. The number of hydrogen-bond acceptors (Lipinski definition) is 4. The summed E-state index contributed by atoms with van der Waals surface area (Å²) in [5.74, 6) is 0.180. The van der Waals surface area contributed by atoms with Crippen molar-refractivity contribution in [2.45, 2.75) is 13.0 Å². The highest BCUT2D eigenvalue weighted by Gasteiger charge is 2.16. The summed E-state index contributed by atoms with van der Waals surface area (Å²) < 4.78 is 5.08. The molecule has 0 heterocycles. The van der Waals surface area contributed by atoms with Crippen molar-refractivity contribution in [3.8, 4) is 5.75 Å². The van der Waals surface area contributed by atoms with Crippen LogP contribution in [0.4, 0.5) is 0 Å². The van der Waals surface area contributed by atoms with E-state index in [0.717, 1.165) is 11.3 Å². The number of carbonyl (C=O) groups is 1. The summed E-state index contributed by atoms with van der Waals surface area (Å²) in [7, 11) is 1.60. The number of aliphatic hydroxyl groups excluding tert-OH is 1. The zero-order chi connectivity index (χ0) is 15.9. The molecule has 0 saturated heterocycles. The van der Waals surface area contributed by atoms with E-state index < -0.39 is 12.0 Å². The quantitative estimate of drug-likeness (QED) is 0.657. The Kier molecular flexibility index (Phi) is 5.27. The van der Waals surface area contributed by atoms with Crippen molar-refractivity contribution < 1.29 is 14.6 Å². The average Bonchev–Trinajstić information content (AvgIpc) is 2.59. The van der Waals surface area contributed by atoms with Gasteiger partial charge >= 0.3 is 0 Å². The second-order valence-corrected chi connectivity index (χ2v) is 4.71. The van der Waals surface area contributed by atoms with E-state index in [1.165, 1.54) is 0 Å². The highest BCUT2D eigenvalue weighted by Crippen LogP contribution is 2.13. The van der Waals surface area contributed by atoms with Crippen LogP contribution < -0.4 is 10.2 Å². The first kappa shape index (κ1) is 15.7. The number of nitrogens with one attached hydrogen (secondary N) is 1. The molecule has 5 nitrogen and oxygen atoms in total. The fourth-order valence-corrected chi connectivity index (χ4v) is 1.88. The van der Waals surface area contributed by atoms with Gasteiger partial charge in [0.15, 0.2) is 6.10 Å². The normalized spacial score (nSPS) is 12.6. The van der Waals surface area contributed by atoms with Crippen LogP contribution in [0.3, 0.4) is 0 Å². The maximum atomic E-state index is 11.9. The number of benzene rings is 2.